The van der Waals surface area contributed by atoms with Crippen molar-refractivity contribution in [1.82, 2.24) is 0 Å². The van der Waals surface area contributed by atoms with Gasteiger partial charge in [0.25, 0.3) is 0 Å². The minimum Gasteiger partial charge on any atom is -0.388 e. The number of hydrogen-bond donors (Lipinski definition) is 1. The van der Waals surface area contributed by atoms with E-state index < -0.39 is 0 Å². The van der Waals surface area contributed by atoms with Crippen molar-refractivity contribution in [3.05, 3.63) is 0 Å². The van der Waals surface area contributed by atoms with E-state index in [4.69, 9.17) is 10.6 Å². The molecule has 0 aromatic carbocycles. The molecule has 0 saturated carbocycles. The molecule has 0 aromatic heterocycles. The molecule has 3 nitrogen and oxygen atoms in total. The lowest BCUT2D eigenvalue weighted by molar-refractivity contribution is 0.0123. The average molecular weight is 114 g/mol. The standard InChI is InChI=1S/C5H10N2O/c1-5(2)3-4(6)7-8-5/h3H2,1-2H3,(H2,6,7). The summed E-state index contributed by atoms with van der Waals surface area (Å²) in [5.74, 6) is 0.593. The van der Waals surface area contributed by atoms with E-state index in [1.807, 2.05) is 13.8 Å². The summed E-state index contributed by atoms with van der Waals surface area (Å²) in [7, 11) is 0. The molecule has 0 radical (unpaired) electrons. The fraction of sp³-hybridized carbons (Fsp3) is 0.800. The van der Waals surface area contributed by atoms with Crippen LogP contribution in [0.2, 0.25) is 0 Å². The quantitative estimate of drug-likeness (QED) is 0.497. The summed E-state index contributed by atoms with van der Waals surface area (Å²) in [5.41, 5.74) is 5.17. The number of hydrogen-bond acceptors (Lipinski definition) is 3. The molecule has 0 bridgehead atoms. The Kier molecular flexibility index (Phi) is 0.927. The van der Waals surface area contributed by atoms with Crippen molar-refractivity contribution in [3.63, 3.8) is 0 Å². The fourth-order valence-corrected chi connectivity index (χ4v) is 0.683. The van der Waals surface area contributed by atoms with E-state index in [1.165, 1.54) is 0 Å². The minimum absolute atomic E-state index is 0.163. The molecule has 0 atom stereocenters. The van der Waals surface area contributed by atoms with Gasteiger partial charge < -0.3 is 10.6 Å². The molecule has 0 aliphatic carbocycles. The van der Waals surface area contributed by atoms with Crippen molar-refractivity contribution >= 4 is 5.84 Å². The first-order chi connectivity index (χ1) is 3.60. The van der Waals surface area contributed by atoms with Crippen LogP contribution in [-0.2, 0) is 4.84 Å². The Morgan fingerprint density at radius 2 is 2.38 bits per heavy atom. The van der Waals surface area contributed by atoms with Gasteiger partial charge >= 0.3 is 0 Å². The molecule has 8 heavy (non-hydrogen) atoms. The number of nitrogens with two attached hydrogens (primary N) is 1. The summed E-state index contributed by atoms with van der Waals surface area (Å²) in [5, 5.41) is 3.58. The third-order valence-corrected chi connectivity index (χ3v) is 1.02. The van der Waals surface area contributed by atoms with Gasteiger partial charge in [0, 0.05) is 0 Å². The normalized spacial score (nSPS) is 24.5. The van der Waals surface area contributed by atoms with E-state index in [1.54, 1.807) is 0 Å². The predicted octanol–water partition coefficient (Wildman–Crippen LogP) is 0.458. The minimum atomic E-state index is -0.163. The van der Waals surface area contributed by atoms with Crippen molar-refractivity contribution in [1.29, 1.82) is 0 Å². The highest BCUT2D eigenvalue weighted by atomic mass is 16.7. The van der Waals surface area contributed by atoms with Crippen LogP contribution in [0.3, 0.4) is 0 Å². The van der Waals surface area contributed by atoms with Gasteiger partial charge in [0.2, 0.25) is 0 Å². The zero-order chi connectivity index (χ0) is 6.20. The zero-order valence-electron chi connectivity index (χ0n) is 5.14. The summed E-state index contributed by atoms with van der Waals surface area (Å²) < 4.78 is 0. The van der Waals surface area contributed by atoms with Gasteiger partial charge in [0.1, 0.15) is 11.4 Å². The van der Waals surface area contributed by atoms with Crippen molar-refractivity contribution in [3.8, 4) is 0 Å². The van der Waals surface area contributed by atoms with Crippen LogP contribution in [0.1, 0.15) is 20.3 Å². The predicted molar refractivity (Wildman–Crippen MR) is 31.4 cm³/mol. The van der Waals surface area contributed by atoms with E-state index in [0.29, 0.717) is 5.84 Å². The lowest BCUT2D eigenvalue weighted by Crippen LogP contribution is -2.21. The summed E-state index contributed by atoms with van der Waals surface area (Å²) in [6, 6.07) is 0. The average Bonchev–Trinajstić information content (AvgIpc) is 1.82. The number of amidine groups is 1. The second-order valence-corrected chi connectivity index (χ2v) is 2.61. The van der Waals surface area contributed by atoms with Crippen LogP contribution >= 0.6 is 0 Å². The molecule has 0 unspecified atom stereocenters. The van der Waals surface area contributed by atoms with Crippen molar-refractivity contribution in [2.75, 3.05) is 0 Å². The summed E-state index contributed by atoms with van der Waals surface area (Å²) >= 11 is 0. The molecule has 46 valence electrons. The fourth-order valence-electron chi connectivity index (χ4n) is 0.683. The lowest BCUT2D eigenvalue weighted by atomic mass is 10.1. The van der Waals surface area contributed by atoms with E-state index >= 15 is 0 Å². The van der Waals surface area contributed by atoms with Crippen LogP contribution in [0.25, 0.3) is 0 Å². The van der Waals surface area contributed by atoms with Crippen molar-refractivity contribution in [2.45, 2.75) is 25.9 Å². The first kappa shape index (κ1) is 5.41. The van der Waals surface area contributed by atoms with Crippen molar-refractivity contribution < 1.29 is 4.84 Å². The maximum Gasteiger partial charge on any atom is 0.143 e. The third kappa shape index (κ3) is 0.911. The SMILES string of the molecule is CC1(C)CC(N)=NO1. The van der Waals surface area contributed by atoms with E-state index in [-0.39, 0.29) is 5.60 Å². The molecule has 0 fully saturated rings. The molecule has 0 amide bonds. The Labute approximate surface area is 48.5 Å². The first-order valence-electron chi connectivity index (χ1n) is 2.61. The molecule has 1 aliphatic rings. The van der Waals surface area contributed by atoms with E-state index in [9.17, 15) is 0 Å². The highest BCUT2D eigenvalue weighted by Gasteiger charge is 2.26. The van der Waals surface area contributed by atoms with E-state index in [0.717, 1.165) is 6.42 Å². The van der Waals surface area contributed by atoms with Crippen LogP contribution in [0.4, 0.5) is 0 Å². The molecular formula is C5H10N2O. The van der Waals surface area contributed by atoms with Crippen molar-refractivity contribution in [2.24, 2.45) is 10.9 Å². The Morgan fingerprint density at radius 3 is 2.50 bits per heavy atom. The largest absolute Gasteiger partial charge is 0.388 e. The Hall–Kier alpha value is -0.730. The Balaban J connectivity index is 2.55. The summed E-state index contributed by atoms with van der Waals surface area (Å²) in [4.78, 5) is 4.92. The Bertz CT molecular complexity index is 128. The number of rotatable bonds is 0. The zero-order valence-corrected chi connectivity index (χ0v) is 5.14. The maximum absolute atomic E-state index is 5.34. The molecule has 3 heteroatoms. The highest BCUT2D eigenvalue weighted by Crippen LogP contribution is 2.19. The van der Waals surface area contributed by atoms with Crippen LogP contribution in [0, 0.1) is 0 Å². The van der Waals surface area contributed by atoms with Gasteiger partial charge in [-0.2, -0.15) is 0 Å². The van der Waals surface area contributed by atoms with Gasteiger partial charge in [-0.15, -0.1) is 0 Å². The molecular weight excluding hydrogens is 104 g/mol. The molecule has 0 aromatic rings. The molecule has 1 heterocycles. The van der Waals surface area contributed by atoms with Crippen LogP contribution < -0.4 is 5.73 Å². The number of nitrogens with zero attached hydrogens (tertiary/aromatic N) is 1. The molecule has 1 aliphatic heterocycles. The summed E-state index contributed by atoms with van der Waals surface area (Å²) in [6.45, 7) is 3.91. The van der Waals surface area contributed by atoms with Gasteiger partial charge in [-0.05, 0) is 13.8 Å². The Morgan fingerprint density at radius 1 is 1.75 bits per heavy atom. The van der Waals surface area contributed by atoms with Crippen LogP contribution in [0.5, 0.6) is 0 Å². The van der Waals surface area contributed by atoms with E-state index in [2.05, 4.69) is 5.16 Å². The molecule has 0 spiro atoms. The van der Waals surface area contributed by atoms with Gasteiger partial charge in [0.05, 0.1) is 6.42 Å². The van der Waals surface area contributed by atoms with Gasteiger partial charge in [-0.1, -0.05) is 5.16 Å². The molecule has 1 rings (SSSR count). The monoisotopic (exact) mass is 114 g/mol. The topological polar surface area (TPSA) is 47.6 Å². The second-order valence-electron chi connectivity index (χ2n) is 2.61. The molecule has 0 saturated heterocycles. The first-order valence-corrected chi connectivity index (χ1v) is 2.61. The number of oxime groups is 1. The van der Waals surface area contributed by atoms with Crippen LogP contribution in [-0.4, -0.2) is 11.4 Å². The highest BCUT2D eigenvalue weighted by molar-refractivity contribution is 5.81. The second kappa shape index (κ2) is 1.37. The smallest absolute Gasteiger partial charge is 0.143 e. The van der Waals surface area contributed by atoms with Gasteiger partial charge in [0.15, 0.2) is 0 Å². The van der Waals surface area contributed by atoms with Crippen LogP contribution in [0.15, 0.2) is 5.16 Å². The van der Waals surface area contributed by atoms with Gasteiger partial charge in [-0.3, -0.25) is 0 Å². The van der Waals surface area contributed by atoms with Gasteiger partial charge in [-0.25, -0.2) is 0 Å². The molecule has 2 N–H and O–H groups in total. The summed E-state index contributed by atoms with van der Waals surface area (Å²) in [6.07, 6.45) is 0.743. The maximum atomic E-state index is 5.34. The third-order valence-electron chi connectivity index (χ3n) is 1.02. The lowest BCUT2D eigenvalue weighted by Gasteiger charge is -2.12.